The van der Waals surface area contributed by atoms with Gasteiger partial charge < -0.3 is 9.45 Å². The molecule has 0 spiro atoms. The third-order valence-corrected chi connectivity index (χ3v) is 6.04. The van der Waals surface area contributed by atoms with Crippen molar-refractivity contribution in [2.75, 3.05) is 19.6 Å². The van der Waals surface area contributed by atoms with Crippen molar-refractivity contribution in [2.45, 2.75) is 102 Å². The first kappa shape index (κ1) is 27.7. The average Bonchev–Trinajstić information content (AvgIpc) is 2.64. The zero-order valence-electron chi connectivity index (χ0n) is 17.6. The molecular weight excluding hydrogens is 390 g/mol. The van der Waals surface area contributed by atoms with Gasteiger partial charge in [-0.25, -0.2) is 8.42 Å². The van der Waals surface area contributed by atoms with Crippen molar-refractivity contribution in [3.63, 3.8) is 0 Å². The Bertz CT molecular complexity index is 452. The van der Waals surface area contributed by atoms with Crippen LogP contribution in [0.4, 0.5) is 13.2 Å². The third kappa shape index (κ3) is 13.0. The number of alkyl halides is 3. The fourth-order valence-corrected chi connectivity index (χ4v) is 3.71. The second kappa shape index (κ2) is 14.7. The van der Waals surface area contributed by atoms with Gasteiger partial charge in [0.1, 0.15) is 0 Å². The number of rotatable bonds is 5. The van der Waals surface area contributed by atoms with Crippen molar-refractivity contribution in [3.05, 3.63) is 0 Å². The number of nitrogens with zero attached hydrogens (tertiary/aromatic N) is 1. The summed E-state index contributed by atoms with van der Waals surface area (Å²) >= 11 is 0. The topological polar surface area (TPSA) is 60.4 Å². The van der Waals surface area contributed by atoms with Gasteiger partial charge in [-0.2, -0.15) is 13.2 Å². The molecule has 4 nitrogen and oxygen atoms in total. The molecule has 0 unspecified atom stereocenters. The van der Waals surface area contributed by atoms with Gasteiger partial charge >= 0.3 is 88.6 Å². The van der Waals surface area contributed by atoms with Crippen LogP contribution in [0.15, 0.2) is 0 Å². The van der Waals surface area contributed by atoms with Gasteiger partial charge in [0, 0.05) is 0 Å². The van der Waals surface area contributed by atoms with E-state index < -0.39 is 15.6 Å². The molecule has 0 aromatic rings. The Morgan fingerprint density at radius 2 is 1.11 bits per heavy atom. The van der Waals surface area contributed by atoms with Crippen LogP contribution in [-0.4, -0.2) is 50.3 Å². The minimum atomic E-state index is -6.09. The summed E-state index contributed by atoms with van der Waals surface area (Å²) in [5.74, 6) is 1.99. The summed E-state index contributed by atoms with van der Waals surface area (Å²) in [6.45, 7) is 10.1. The Kier molecular flexibility index (Phi) is 14.5. The molecule has 0 N–H and O–H groups in total. The van der Waals surface area contributed by atoms with E-state index in [4.69, 9.17) is 13.0 Å². The van der Waals surface area contributed by atoms with Crippen molar-refractivity contribution in [1.29, 1.82) is 0 Å². The number of hydrogen-bond donors (Lipinski definition) is 0. The van der Waals surface area contributed by atoms with Crippen LogP contribution >= 0.6 is 0 Å². The normalized spacial score (nSPS) is 19.1. The summed E-state index contributed by atoms with van der Waals surface area (Å²) in [5, 5.41) is 0. The van der Waals surface area contributed by atoms with Crippen LogP contribution in [0.1, 0.15) is 85.0 Å². The van der Waals surface area contributed by atoms with Crippen LogP contribution < -0.4 is 0 Å². The van der Waals surface area contributed by atoms with Gasteiger partial charge in [-0.3, -0.25) is 0 Å². The first-order valence-electron chi connectivity index (χ1n) is 10.6. The SMILES string of the molecule is CCN(CC)CC.O=S(=O)([O-])C(F)(F)F.[B+](C1CCCCC1)C1CCCCC1. The molecule has 0 aromatic heterocycles. The second-order valence-corrected chi connectivity index (χ2v) is 8.88. The molecule has 9 heteroatoms. The summed E-state index contributed by atoms with van der Waals surface area (Å²) in [4.78, 5) is 2.38. The van der Waals surface area contributed by atoms with E-state index in [1.165, 1.54) is 83.8 Å². The molecular formula is C19H37BF3NO3S. The molecule has 2 saturated carbocycles. The van der Waals surface area contributed by atoms with Crippen LogP contribution in [0.5, 0.6) is 0 Å². The van der Waals surface area contributed by atoms with Crippen LogP contribution in [0, 0.1) is 0 Å². The first-order valence-corrected chi connectivity index (χ1v) is 12.0. The summed E-state index contributed by atoms with van der Waals surface area (Å²) in [6, 6.07) is 0. The summed E-state index contributed by atoms with van der Waals surface area (Å²) in [7, 11) is -3.37. The predicted octanol–water partition coefficient (Wildman–Crippen LogP) is 5.60. The number of hydrogen-bond acceptors (Lipinski definition) is 4. The van der Waals surface area contributed by atoms with Crippen molar-refractivity contribution in [1.82, 2.24) is 4.90 Å². The van der Waals surface area contributed by atoms with Gasteiger partial charge in [0.15, 0.2) is 10.1 Å². The quantitative estimate of drug-likeness (QED) is 0.326. The zero-order valence-corrected chi connectivity index (χ0v) is 18.5. The zero-order chi connectivity index (χ0) is 21.6. The van der Waals surface area contributed by atoms with Crippen molar-refractivity contribution >= 4 is 17.4 Å². The second-order valence-electron chi connectivity index (χ2n) is 7.51. The maximum atomic E-state index is 10.7. The monoisotopic (exact) mass is 427 g/mol. The Morgan fingerprint density at radius 3 is 1.29 bits per heavy atom. The molecule has 2 aliphatic rings. The fourth-order valence-electron chi connectivity index (χ4n) is 3.71. The molecule has 28 heavy (non-hydrogen) atoms. The fraction of sp³-hybridized carbons (Fsp3) is 1.00. The van der Waals surface area contributed by atoms with E-state index >= 15 is 0 Å². The molecule has 2 aliphatic carbocycles. The van der Waals surface area contributed by atoms with Crippen molar-refractivity contribution in [3.8, 4) is 0 Å². The Labute approximate surface area is 170 Å². The van der Waals surface area contributed by atoms with Gasteiger partial charge in [-0.05, 0) is 19.6 Å². The molecule has 0 saturated heterocycles. The molecule has 0 amide bonds. The minimum absolute atomic E-state index is 0.997. The Balaban J connectivity index is 0.000000424. The van der Waals surface area contributed by atoms with E-state index in [0.29, 0.717) is 0 Å². The van der Waals surface area contributed by atoms with Crippen molar-refractivity contribution in [2.24, 2.45) is 0 Å². The Hall–Kier alpha value is -0.275. The summed E-state index contributed by atoms with van der Waals surface area (Å²) in [6.07, 6.45) is 15.0. The first-order chi connectivity index (χ1) is 13.0. The molecule has 0 aromatic carbocycles. The van der Waals surface area contributed by atoms with Crippen LogP contribution in [0.3, 0.4) is 0 Å². The molecule has 0 radical (unpaired) electrons. The van der Waals surface area contributed by atoms with Gasteiger partial charge in [0.2, 0.25) is 0 Å². The molecule has 0 heterocycles. The van der Waals surface area contributed by atoms with E-state index in [0.717, 1.165) is 11.6 Å². The molecule has 0 atom stereocenters. The van der Waals surface area contributed by atoms with Crippen LogP contribution in [0.25, 0.3) is 0 Å². The third-order valence-electron chi connectivity index (χ3n) is 5.47. The predicted molar refractivity (Wildman–Crippen MR) is 109 cm³/mol. The summed E-state index contributed by atoms with van der Waals surface area (Å²) in [5.41, 5.74) is -5.65. The van der Waals surface area contributed by atoms with Crippen LogP contribution in [0.2, 0.25) is 11.6 Å². The molecule has 0 bridgehead atoms. The average molecular weight is 427 g/mol. The van der Waals surface area contributed by atoms with E-state index in [1.54, 1.807) is 0 Å². The van der Waals surface area contributed by atoms with Crippen LogP contribution in [-0.2, 0) is 10.1 Å². The molecule has 2 rings (SSSR count). The van der Waals surface area contributed by atoms with E-state index in [9.17, 15) is 13.2 Å². The van der Waals surface area contributed by atoms with Gasteiger partial charge in [0.25, 0.3) is 0 Å². The molecule has 166 valence electrons. The Morgan fingerprint density at radius 1 is 0.821 bits per heavy atom. The standard InChI is InChI=1S/C12H22B.C6H15N.CHF3O3S/c1-3-7-11(8-4-1)13-12-9-5-2-6-10-12;1-4-7(5-2)6-3;2-1(3,4)8(5,6)7/h11-12H,1-10H2;4-6H2,1-3H3;(H,5,6,7)/q+1;;/p-1. The van der Waals surface area contributed by atoms with E-state index in [1.807, 2.05) is 0 Å². The van der Waals surface area contributed by atoms with Crippen molar-refractivity contribution < 1.29 is 26.1 Å². The molecule has 2 fully saturated rings. The van der Waals surface area contributed by atoms with Gasteiger partial charge in [0.05, 0.1) is 0 Å². The van der Waals surface area contributed by atoms with E-state index in [-0.39, 0.29) is 0 Å². The van der Waals surface area contributed by atoms with E-state index in [2.05, 4.69) is 33.0 Å². The van der Waals surface area contributed by atoms with Gasteiger partial charge in [-0.15, -0.1) is 0 Å². The summed E-state index contributed by atoms with van der Waals surface area (Å²) < 4.78 is 58.9. The molecule has 0 aliphatic heterocycles. The van der Waals surface area contributed by atoms with Gasteiger partial charge in [-0.1, -0.05) is 20.8 Å². The maximum absolute atomic E-state index is 10.7. The number of halogens is 3.